The number of thioether (sulfide) groups is 1. The molecule has 5 heteroatoms. The Morgan fingerprint density at radius 1 is 1.23 bits per heavy atom. The lowest BCUT2D eigenvalue weighted by molar-refractivity contribution is -0.149. The van der Waals surface area contributed by atoms with Gasteiger partial charge in [0.1, 0.15) is 5.75 Å². The summed E-state index contributed by atoms with van der Waals surface area (Å²) in [4.78, 5) is 18.9. The van der Waals surface area contributed by atoms with Gasteiger partial charge in [-0.2, -0.15) is 0 Å². The maximum Gasteiger partial charge on any atom is 0.247 e. The summed E-state index contributed by atoms with van der Waals surface area (Å²) in [5.74, 6) is 0.858. The van der Waals surface area contributed by atoms with Crippen LogP contribution in [-0.4, -0.2) is 23.9 Å². The molecule has 1 aliphatic rings. The van der Waals surface area contributed by atoms with Gasteiger partial charge in [0.15, 0.2) is 0 Å². The van der Waals surface area contributed by atoms with Crippen LogP contribution in [0.15, 0.2) is 29.2 Å². The minimum absolute atomic E-state index is 0.00145. The fourth-order valence-corrected chi connectivity index (χ4v) is 3.83. The van der Waals surface area contributed by atoms with Crippen LogP contribution in [0.3, 0.4) is 0 Å². The van der Waals surface area contributed by atoms with Gasteiger partial charge < -0.3 is 4.74 Å². The van der Waals surface area contributed by atoms with Crippen LogP contribution in [0.4, 0.5) is 0 Å². The van der Waals surface area contributed by atoms with Crippen LogP contribution in [0.1, 0.15) is 40.0 Å². The second kappa shape index (κ2) is 7.38. The van der Waals surface area contributed by atoms with E-state index in [0.29, 0.717) is 5.25 Å². The van der Waals surface area contributed by atoms with Crippen LogP contribution < -0.4 is 10.2 Å². The Labute approximate surface area is 136 Å². The van der Waals surface area contributed by atoms with E-state index >= 15 is 0 Å². The highest BCUT2D eigenvalue weighted by atomic mass is 32.2. The van der Waals surface area contributed by atoms with Crippen molar-refractivity contribution in [1.29, 1.82) is 0 Å². The van der Waals surface area contributed by atoms with Crippen LogP contribution in [0.25, 0.3) is 0 Å². The summed E-state index contributed by atoms with van der Waals surface area (Å²) in [6.45, 7) is 5.77. The van der Waals surface area contributed by atoms with E-state index in [-0.39, 0.29) is 17.4 Å². The largest absolute Gasteiger partial charge is 0.497 e. The van der Waals surface area contributed by atoms with E-state index in [1.165, 1.54) is 4.90 Å². The highest BCUT2D eigenvalue weighted by Gasteiger charge is 2.34. The summed E-state index contributed by atoms with van der Waals surface area (Å²) in [6.07, 6.45) is 3.07. The third-order valence-electron chi connectivity index (χ3n) is 3.59. The van der Waals surface area contributed by atoms with Crippen LogP contribution in [0, 0.1) is 5.92 Å². The van der Waals surface area contributed by atoms with Gasteiger partial charge in [-0.15, -0.1) is 11.8 Å². The number of methoxy groups -OCH3 is 1. The number of hydrogen-bond acceptors (Lipinski definition) is 4. The van der Waals surface area contributed by atoms with Gasteiger partial charge in [0.2, 0.25) is 5.91 Å². The fraction of sp³-hybridized carbons (Fsp3) is 0.588. The number of rotatable bonds is 5. The van der Waals surface area contributed by atoms with Crippen molar-refractivity contribution in [3.05, 3.63) is 24.3 Å². The number of hydroxylamine groups is 1. The Hall–Kier alpha value is -1.20. The zero-order valence-electron chi connectivity index (χ0n) is 13.7. The van der Waals surface area contributed by atoms with Crippen LogP contribution in [-0.2, 0) is 9.63 Å². The van der Waals surface area contributed by atoms with E-state index in [1.54, 1.807) is 18.9 Å². The lowest BCUT2D eigenvalue weighted by atomic mass is 10.1. The molecular weight excluding hydrogens is 298 g/mol. The molecule has 1 saturated carbocycles. The van der Waals surface area contributed by atoms with E-state index in [1.807, 2.05) is 45.0 Å². The SMILES string of the molecule is COc1ccc(S[C@@H]2CCC[C@H]2C(=O)NOC(C)(C)C)cc1. The van der Waals surface area contributed by atoms with E-state index in [4.69, 9.17) is 9.57 Å². The molecule has 0 spiro atoms. The quantitative estimate of drug-likeness (QED) is 0.837. The highest BCUT2D eigenvalue weighted by Crippen LogP contribution is 2.39. The van der Waals surface area contributed by atoms with E-state index in [9.17, 15) is 4.79 Å². The molecule has 0 saturated heterocycles. The van der Waals surface area contributed by atoms with Gasteiger partial charge in [-0.3, -0.25) is 9.63 Å². The minimum atomic E-state index is -0.368. The average molecular weight is 323 g/mol. The normalized spacial score (nSPS) is 21.6. The van der Waals surface area contributed by atoms with Gasteiger partial charge in [0, 0.05) is 10.1 Å². The van der Waals surface area contributed by atoms with Crippen molar-refractivity contribution in [2.24, 2.45) is 5.92 Å². The summed E-state index contributed by atoms with van der Waals surface area (Å²) >= 11 is 1.77. The highest BCUT2D eigenvalue weighted by molar-refractivity contribution is 8.00. The summed E-state index contributed by atoms with van der Waals surface area (Å²) in [5, 5.41) is 0.303. The Bertz CT molecular complexity index is 496. The van der Waals surface area contributed by atoms with Crippen molar-refractivity contribution in [1.82, 2.24) is 5.48 Å². The van der Waals surface area contributed by atoms with Crippen molar-refractivity contribution in [3.8, 4) is 5.75 Å². The summed E-state index contributed by atoms with van der Waals surface area (Å²) < 4.78 is 5.17. The molecular formula is C17H25NO3S. The number of carbonyl (C=O) groups excluding carboxylic acids is 1. The van der Waals surface area contributed by atoms with Gasteiger partial charge in [-0.05, 0) is 57.9 Å². The van der Waals surface area contributed by atoms with Gasteiger partial charge in [-0.1, -0.05) is 6.42 Å². The zero-order valence-corrected chi connectivity index (χ0v) is 14.5. The molecule has 0 aromatic heterocycles. The van der Waals surface area contributed by atoms with Crippen molar-refractivity contribution in [2.45, 2.75) is 55.8 Å². The summed E-state index contributed by atoms with van der Waals surface area (Å²) in [6, 6.07) is 8.00. The molecule has 0 bridgehead atoms. The third-order valence-corrected chi connectivity index (χ3v) is 5.01. The molecule has 1 aromatic carbocycles. The standard InChI is InChI=1S/C17H25NO3S/c1-17(2,3)21-18-16(19)14-6-5-7-15(14)22-13-10-8-12(20-4)9-11-13/h8-11,14-15H,5-7H2,1-4H3,(H,18,19)/t14-,15-/m1/s1. The predicted octanol–water partition coefficient (Wildman–Crippen LogP) is 3.80. The molecule has 1 fully saturated rings. The Morgan fingerprint density at radius 2 is 1.91 bits per heavy atom. The fourth-order valence-electron chi connectivity index (χ4n) is 2.48. The number of benzene rings is 1. The molecule has 122 valence electrons. The molecule has 1 aliphatic carbocycles. The summed E-state index contributed by atoms with van der Waals surface area (Å²) in [5.41, 5.74) is 2.26. The molecule has 0 unspecified atom stereocenters. The first kappa shape index (κ1) is 17.2. The van der Waals surface area contributed by atoms with Gasteiger partial charge in [-0.25, -0.2) is 5.48 Å². The second-order valence-electron chi connectivity index (χ2n) is 6.55. The summed E-state index contributed by atoms with van der Waals surface area (Å²) in [7, 11) is 1.66. The number of nitrogens with one attached hydrogen (secondary N) is 1. The first-order valence-electron chi connectivity index (χ1n) is 7.67. The van der Waals surface area contributed by atoms with Crippen LogP contribution in [0.2, 0.25) is 0 Å². The predicted molar refractivity (Wildman–Crippen MR) is 89.0 cm³/mol. The van der Waals surface area contributed by atoms with Gasteiger partial charge in [0.25, 0.3) is 0 Å². The van der Waals surface area contributed by atoms with E-state index in [0.717, 1.165) is 25.0 Å². The van der Waals surface area contributed by atoms with E-state index in [2.05, 4.69) is 5.48 Å². The average Bonchev–Trinajstić information content (AvgIpc) is 2.93. The molecule has 4 nitrogen and oxygen atoms in total. The van der Waals surface area contributed by atoms with Gasteiger partial charge >= 0.3 is 0 Å². The van der Waals surface area contributed by atoms with Crippen molar-refractivity contribution >= 4 is 17.7 Å². The molecule has 2 atom stereocenters. The molecule has 22 heavy (non-hydrogen) atoms. The zero-order chi connectivity index (χ0) is 16.2. The molecule has 1 N–H and O–H groups in total. The minimum Gasteiger partial charge on any atom is -0.497 e. The van der Waals surface area contributed by atoms with Crippen molar-refractivity contribution < 1.29 is 14.4 Å². The molecule has 2 rings (SSSR count). The smallest absolute Gasteiger partial charge is 0.247 e. The Kier molecular flexibility index (Phi) is 5.75. The Balaban J connectivity index is 1.93. The van der Waals surface area contributed by atoms with Gasteiger partial charge in [0.05, 0.1) is 18.6 Å². The molecule has 1 aromatic rings. The topological polar surface area (TPSA) is 47.6 Å². The number of ether oxygens (including phenoxy) is 1. The second-order valence-corrected chi connectivity index (χ2v) is 7.86. The number of amides is 1. The lowest BCUT2D eigenvalue weighted by Gasteiger charge is -2.23. The first-order valence-corrected chi connectivity index (χ1v) is 8.55. The molecule has 0 aliphatic heterocycles. The lowest BCUT2D eigenvalue weighted by Crippen LogP contribution is -2.38. The monoisotopic (exact) mass is 323 g/mol. The van der Waals surface area contributed by atoms with Crippen molar-refractivity contribution in [3.63, 3.8) is 0 Å². The van der Waals surface area contributed by atoms with E-state index < -0.39 is 0 Å². The maximum atomic E-state index is 12.3. The van der Waals surface area contributed by atoms with Crippen LogP contribution >= 0.6 is 11.8 Å². The van der Waals surface area contributed by atoms with Crippen LogP contribution in [0.5, 0.6) is 5.75 Å². The first-order chi connectivity index (χ1) is 10.4. The van der Waals surface area contributed by atoms with Crippen molar-refractivity contribution in [2.75, 3.05) is 7.11 Å². The Morgan fingerprint density at radius 3 is 2.50 bits per heavy atom. The third kappa shape index (κ3) is 4.92. The maximum absolute atomic E-state index is 12.3. The number of carbonyl (C=O) groups is 1. The number of hydrogen-bond donors (Lipinski definition) is 1. The molecule has 0 radical (unpaired) electrons. The molecule has 1 amide bonds. The molecule has 0 heterocycles.